The maximum Gasteiger partial charge on any atom is 0.255 e. The zero-order valence-electron chi connectivity index (χ0n) is 10.8. The van der Waals surface area contributed by atoms with Gasteiger partial charge < -0.3 is 15.2 Å². The van der Waals surface area contributed by atoms with E-state index in [0.717, 1.165) is 5.56 Å². The van der Waals surface area contributed by atoms with E-state index in [1.165, 1.54) is 12.1 Å². The van der Waals surface area contributed by atoms with Gasteiger partial charge in [-0.15, -0.1) is 0 Å². The number of phenolic OH excluding ortho intramolecular Hbond substituents is 1. The maximum atomic E-state index is 12.1. The lowest BCUT2D eigenvalue weighted by molar-refractivity contribution is 0.102. The highest BCUT2D eigenvalue weighted by Gasteiger charge is 2.09. The third-order valence-corrected chi connectivity index (χ3v) is 2.73. The summed E-state index contributed by atoms with van der Waals surface area (Å²) in [6, 6.07) is 11.6. The van der Waals surface area contributed by atoms with Crippen LogP contribution in [0.3, 0.4) is 0 Å². The minimum atomic E-state index is -0.246. The van der Waals surface area contributed by atoms with Crippen molar-refractivity contribution >= 4 is 11.6 Å². The van der Waals surface area contributed by atoms with Crippen LogP contribution in [0.25, 0.3) is 0 Å². The van der Waals surface area contributed by atoms with Gasteiger partial charge in [0.2, 0.25) is 0 Å². The van der Waals surface area contributed by atoms with Crippen LogP contribution in [0.1, 0.15) is 15.9 Å². The molecule has 0 aromatic heterocycles. The molecule has 4 heteroatoms. The van der Waals surface area contributed by atoms with Gasteiger partial charge in [0.05, 0.1) is 12.8 Å². The first-order valence-corrected chi connectivity index (χ1v) is 5.85. The third kappa shape index (κ3) is 3.04. The average Bonchev–Trinajstić information content (AvgIpc) is 2.39. The van der Waals surface area contributed by atoms with Crippen molar-refractivity contribution in [2.24, 2.45) is 0 Å². The maximum absolute atomic E-state index is 12.1. The number of carbonyl (C=O) groups is 1. The summed E-state index contributed by atoms with van der Waals surface area (Å²) < 4.78 is 5.20. The SMILES string of the molecule is COc1ccc(C)cc1NC(=O)c1ccc(O)cc1. The Balaban J connectivity index is 2.23. The monoisotopic (exact) mass is 257 g/mol. The summed E-state index contributed by atoms with van der Waals surface area (Å²) in [5, 5.41) is 12.0. The summed E-state index contributed by atoms with van der Waals surface area (Å²) in [7, 11) is 1.56. The molecule has 19 heavy (non-hydrogen) atoms. The van der Waals surface area contributed by atoms with Gasteiger partial charge >= 0.3 is 0 Å². The van der Waals surface area contributed by atoms with Gasteiger partial charge in [0.25, 0.3) is 5.91 Å². The Labute approximate surface area is 111 Å². The fraction of sp³-hybridized carbons (Fsp3) is 0.133. The normalized spacial score (nSPS) is 10.0. The third-order valence-electron chi connectivity index (χ3n) is 2.73. The smallest absolute Gasteiger partial charge is 0.255 e. The zero-order valence-corrected chi connectivity index (χ0v) is 10.8. The molecule has 0 atom stereocenters. The Kier molecular flexibility index (Phi) is 3.71. The van der Waals surface area contributed by atoms with E-state index >= 15 is 0 Å². The van der Waals surface area contributed by atoms with Crippen molar-refractivity contribution < 1.29 is 14.6 Å². The summed E-state index contributed by atoms with van der Waals surface area (Å²) in [6.07, 6.45) is 0. The minimum Gasteiger partial charge on any atom is -0.508 e. The molecule has 0 fully saturated rings. The van der Waals surface area contributed by atoms with E-state index in [9.17, 15) is 9.90 Å². The van der Waals surface area contributed by atoms with Gasteiger partial charge in [0, 0.05) is 5.56 Å². The van der Waals surface area contributed by atoms with Crippen LogP contribution in [0.2, 0.25) is 0 Å². The molecular formula is C15H15NO3. The van der Waals surface area contributed by atoms with Gasteiger partial charge in [0.1, 0.15) is 11.5 Å². The molecule has 0 aliphatic rings. The summed E-state index contributed by atoms with van der Waals surface area (Å²) in [5.41, 5.74) is 2.13. The molecule has 1 amide bonds. The van der Waals surface area contributed by atoms with Crippen LogP contribution in [-0.2, 0) is 0 Å². The van der Waals surface area contributed by atoms with E-state index in [4.69, 9.17) is 4.74 Å². The topological polar surface area (TPSA) is 58.6 Å². The van der Waals surface area contributed by atoms with Crippen molar-refractivity contribution in [3.8, 4) is 11.5 Å². The molecule has 4 nitrogen and oxygen atoms in total. The van der Waals surface area contributed by atoms with Crippen molar-refractivity contribution in [3.05, 3.63) is 53.6 Å². The van der Waals surface area contributed by atoms with Gasteiger partial charge in [0.15, 0.2) is 0 Å². The van der Waals surface area contributed by atoms with E-state index in [2.05, 4.69) is 5.32 Å². The molecule has 0 saturated heterocycles. The van der Waals surface area contributed by atoms with E-state index in [1.807, 2.05) is 25.1 Å². The highest BCUT2D eigenvalue weighted by atomic mass is 16.5. The van der Waals surface area contributed by atoms with Crippen molar-refractivity contribution in [3.63, 3.8) is 0 Å². The van der Waals surface area contributed by atoms with E-state index in [-0.39, 0.29) is 11.7 Å². The highest BCUT2D eigenvalue weighted by Crippen LogP contribution is 2.25. The largest absolute Gasteiger partial charge is 0.508 e. The highest BCUT2D eigenvalue weighted by molar-refractivity contribution is 6.05. The number of aryl methyl sites for hydroxylation is 1. The summed E-state index contributed by atoms with van der Waals surface area (Å²) in [4.78, 5) is 12.1. The van der Waals surface area contributed by atoms with Crippen LogP contribution < -0.4 is 10.1 Å². The predicted octanol–water partition coefficient (Wildman–Crippen LogP) is 2.96. The fourth-order valence-electron chi connectivity index (χ4n) is 1.73. The molecule has 0 aliphatic carbocycles. The predicted molar refractivity (Wildman–Crippen MR) is 73.8 cm³/mol. The van der Waals surface area contributed by atoms with Crippen LogP contribution in [0.4, 0.5) is 5.69 Å². The van der Waals surface area contributed by atoms with E-state index < -0.39 is 0 Å². The Morgan fingerprint density at radius 1 is 1.16 bits per heavy atom. The van der Waals surface area contributed by atoms with Crippen LogP contribution in [0.15, 0.2) is 42.5 Å². The first-order chi connectivity index (χ1) is 9.10. The number of carbonyl (C=O) groups excluding carboxylic acids is 1. The molecule has 2 N–H and O–H groups in total. The molecule has 0 bridgehead atoms. The number of amides is 1. The molecule has 0 saturated carbocycles. The number of aromatic hydroxyl groups is 1. The minimum absolute atomic E-state index is 0.129. The lowest BCUT2D eigenvalue weighted by atomic mass is 10.1. The summed E-state index contributed by atoms with van der Waals surface area (Å²) >= 11 is 0. The number of hydrogen-bond donors (Lipinski definition) is 2. The van der Waals surface area contributed by atoms with E-state index in [1.54, 1.807) is 19.2 Å². The fourth-order valence-corrected chi connectivity index (χ4v) is 1.73. The van der Waals surface area contributed by atoms with Crippen LogP contribution >= 0.6 is 0 Å². The first kappa shape index (κ1) is 13.0. The number of ether oxygens (including phenoxy) is 1. The van der Waals surface area contributed by atoms with Crippen LogP contribution in [0, 0.1) is 6.92 Å². The molecule has 2 aromatic rings. The van der Waals surface area contributed by atoms with Gasteiger partial charge in [-0.1, -0.05) is 6.07 Å². The lowest BCUT2D eigenvalue weighted by Crippen LogP contribution is -2.12. The van der Waals surface area contributed by atoms with Crippen LogP contribution in [-0.4, -0.2) is 18.1 Å². The van der Waals surface area contributed by atoms with E-state index in [0.29, 0.717) is 17.0 Å². The average molecular weight is 257 g/mol. The molecular weight excluding hydrogens is 242 g/mol. The number of hydrogen-bond acceptors (Lipinski definition) is 3. The van der Waals surface area contributed by atoms with Gasteiger partial charge in [-0.25, -0.2) is 0 Å². The molecule has 0 heterocycles. The second-order valence-electron chi connectivity index (χ2n) is 4.20. The Morgan fingerprint density at radius 2 is 1.84 bits per heavy atom. The Bertz CT molecular complexity index is 591. The number of anilines is 1. The molecule has 0 aliphatic heterocycles. The van der Waals surface area contributed by atoms with Gasteiger partial charge in [-0.2, -0.15) is 0 Å². The summed E-state index contributed by atoms with van der Waals surface area (Å²) in [5.74, 6) is 0.492. The second kappa shape index (κ2) is 5.44. The summed E-state index contributed by atoms with van der Waals surface area (Å²) in [6.45, 7) is 1.94. The Morgan fingerprint density at radius 3 is 2.47 bits per heavy atom. The lowest BCUT2D eigenvalue weighted by Gasteiger charge is -2.11. The molecule has 0 spiro atoms. The van der Waals surface area contributed by atoms with Crippen LogP contribution in [0.5, 0.6) is 11.5 Å². The molecule has 0 radical (unpaired) electrons. The number of benzene rings is 2. The molecule has 2 rings (SSSR count). The van der Waals surface area contributed by atoms with Gasteiger partial charge in [-0.3, -0.25) is 4.79 Å². The number of nitrogens with one attached hydrogen (secondary N) is 1. The Hall–Kier alpha value is -2.49. The molecule has 98 valence electrons. The molecule has 0 unspecified atom stereocenters. The van der Waals surface area contributed by atoms with Crippen molar-refractivity contribution in [1.29, 1.82) is 0 Å². The van der Waals surface area contributed by atoms with Crippen molar-refractivity contribution in [1.82, 2.24) is 0 Å². The number of methoxy groups -OCH3 is 1. The standard InChI is InChI=1S/C15H15NO3/c1-10-3-8-14(19-2)13(9-10)16-15(18)11-4-6-12(17)7-5-11/h3-9,17H,1-2H3,(H,16,18). The van der Waals surface area contributed by atoms with Crippen molar-refractivity contribution in [2.45, 2.75) is 6.92 Å². The number of rotatable bonds is 3. The second-order valence-corrected chi connectivity index (χ2v) is 4.20. The quantitative estimate of drug-likeness (QED) is 0.888. The van der Waals surface area contributed by atoms with Crippen molar-refractivity contribution in [2.75, 3.05) is 12.4 Å². The first-order valence-electron chi connectivity index (χ1n) is 5.85. The zero-order chi connectivity index (χ0) is 13.8. The number of phenols is 1. The molecule has 2 aromatic carbocycles. The van der Waals surface area contributed by atoms with Gasteiger partial charge in [-0.05, 0) is 48.9 Å².